The molecule has 1 heterocycles. The Morgan fingerprint density at radius 2 is 1.39 bits per heavy atom. The van der Waals surface area contributed by atoms with E-state index in [0.29, 0.717) is 12.0 Å². The third kappa shape index (κ3) is 11.9. The highest BCUT2D eigenvalue weighted by Crippen LogP contribution is 2.21. The van der Waals surface area contributed by atoms with Crippen LogP contribution in [0.1, 0.15) is 56.4 Å². The van der Waals surface area contributed by atoms with Crippen molar-refractivity contribution in [1.29, 1.82) is 0 Å². The molecular weight excluding hydrogens is 716 g/mol. The highest BCUT2D eigenvalue weighted by molar-refractivity contribution is 5.96. The van der Waals surface area contributed by atoms with Gasteiger partial charge in [0.05, 0.1) is 12.5 Å². The minimum atomic E-state index is -1.23. The molecule has 5 amide bonds. The smallest absolute Gasteiger partial charge is 0.326 e. The Balaban J connectivity index is 1.55. The molecule has 1 aliphatic rings. The quantitative estimate of drug-likeness (QED) is 0.101. The van der Waals surface area contributed by atoms with Gasteiger partial charge in [0.2, 0.25) is 29.5 Å². The lowest BCUT2D eigenvalue weighted by Crippen LogP contribution is -2.60. The van der Waals surface area contributed by atoms with Crippen LogP contribution >= 0.6 is 0 Å². The van der Waals surface area contributed by atoms with Crippen LogP contribution in [0.15, 0.2) is 78.9 Å². The fraction of sp³-hybridized carbons (Fsp3) is 0.429. The van der Waals surface area contributed by atoms with E-state index in [1.165, 1.54) is 17.0 Å². The van der Waals surface area contributed by atoms with Gasteiger partial charge in [-0.15, -0.1) is 0 Å². The molecule has 0 bridgehead atoms. The van der Waals surface area contributed by atoms with Crippen LogP contribution in [0.3, 0.4) is 0 Å². The second kappa shape index (κ2) is 20.2. The standard InChI is InChI=1S/C42H54N6O8/c1-5-26(4)37(47-39(52)33(19-28-15-17-31(49)18-16-28)45-38(51)32(22-43)25(2)3)40(53)46-34-21-29-13-9-10-14-30(29)23-48(41(34)54)24-36(50)44-35(42(55)56)20-27-11-7-6-8-12-27/h6-18,25-26,32-35,37,49H,5,19-24,43H2,1-4H3,(H,44,50)(H,45,51)(H,46,53)(H,47,52)(H,55,56)/t26?,32-,33-,34?,35?,37-/m0/s1. The Kier molecular flexibility index (Phi) is 15.5. The number of aliphatic carboxylic acids is 1. The summed E-state index contributed by atoms with van der Waals surface area (Å²) in [4.78, 5) is 82.3. The number of hydrogen-bond donors (Lipinski definition) is 7. The third-order valence-electron chi connectivity index (χ3n) is 10.3. The average Bonchev–Trinajstić information content (AvgIpc) is 3.29. The number of carbonyl (C=O) groups excluding carboxylic acids is 5. The van der Waals surface area contributed by atoms with Crippen LogP contribution < -0.4 is 27.0 Å². The van der Waals surface area contributed by atoms with E-state index >= 15 is 0 Å². The van der Waals surface area contributed by atoms with Gasteiger partial charge in [-0.05, 0) is 46.2 Å². The number of carboxylic acids is 1. The topological polar surface area (TPSA) is 220 Å². The van der Waals surface area contributed by atoms with Gasteiger partial charge in [-0.1, -0.05) is 101 Å². The summed E-state index contributed by atoms with van der Waals surface area (Å²) in [5.41, 5.74) is 8.81. The number of phenolic OH excluding ortho intramolecular Hbond substituents is 1. The van der Waals surface area contributed by atoms with Gasteiger partial charge >= 0.3 is 5.97 Å². The molecule has 0 saturated carbocycles. The van der Waals surface area contributed by atoms with Crippen molar-refractivity contribution in [1.82, 2.24) is 26.2 Å². The number of hydrogen-bond acceptors (Lipinski definition) is 8. The average molecular weight is 771 g/mol. The van der Waals surface area contributed by atoms with Gasteiger partial charge in [0, 0.05) is 32.4 Å². The molecule has 0 aliphatic carbocycles. The third-order valence-corrected chi connectivity index (χ3v) is 10.3. The molecule has 0 fully saturated rings. The Labute approximate surface area is 327 Å². The van der Waals surface area contributed by atoms with E-state index in [0.717, 1.165) is 16.7 Å². The lowest BCUT2D eigenvalue weighted by atomic mass is 9.93. The predicted octanol–water partition coefficient (Wildman–Crippen LogP) is 2.06. The number of carboxylic acid groups (broad SMARTS) is 1. The van der Waals surface area contributed by atoms with Crippen LogP contribution in [-0.4, -0.2) is 87.9 Å². The summed E-state index contributed by atoms with van der Waals surface area (Å²) in [5, 5.41) is 30.7. The monoisotopic (exact) mass is 770 g/mol. The van der Waals surface area contributed by atoms with E-state index in [2.05, 4.69) is 21.3 Å². The van der Waals surface area contributed by atoms with Crippen molar-refractivity contribution in [3.63, 3.8) is 0 Å². The number of nitrogens with two attached hydrogens (primary N) is 1. The van der Waals surface area contributed by atoms with Crippen LogP contribution in [0.4, 0.5) is 0 Å². The van der Waals surface area contributed by atoms with Gasteiger partial charge in [0.1, 0.15) is 29.9 Å². The zero-order valence-electron chi connectivity index (χ0n) is 32.4. The summed E-state index contributed by atoms with van der Waals surface area (Å²) in [5.74, 6) is -5.12. The molecule has 3 unspecified atom stereocenters. The van der Waals surface area contributed by atoms with Crippen molar-refractivity contribution in [2.75, 3.05) is 13.1 Å². The van der Waals surface area contributed by atoms with E-state index in [1.54, 1.807) is 55.5 Å². The SMILES string of the molecule is CCC(C)[C@H](NC(=O)[C@H](Cc1ccc(O)cc1)NC(=O)[C@@H](CN)C(C)C)C(=O)NC1Cc2ccccc2CN(CC(=O)NC(Cc2ccccc2)C(=O)O)C1=O. The van der Waals surface area contributed by atoms with Crippen LogP contribution in [0.2, 0.25) is 0 Å². The molecule has 8 N–H and O–H groups in total. The maximum atomic E-state index is 14.2. The zero-order valence-corrected chi connectivity index (χ0v) is 32.4. The number of nitrogens with zero attached hydrogens (tertiary/aromatic N) is 1. The van der Waals surface area contributed by atoms with Gasteiger partial charge in [-0.3, -0.25) is 24.0 Å². The molecule has 300 valence electrons. The van der Waals surface area contributed by atoms with Crippen LogP contribution in [-0.2, 0) is 54.6 Å². The fourth-order valence-electron chi connectivity index (χ4n) is 6.69. The van der Waals surface area contributed by atoms with Gasteiger partial charge in [-0.2, -0.15) is 0 Å². The molecule has 4 rings (SSSR count). The zero-order chi connectivity index (χ0) is 40.9. The molecule has 6 atom stereocenters. The number of fused-ring (bicyclic) bond motifs is 1. The molecule has 14 heteroatoms. The largest absolute Gasteiger partial charge is 0.508 e. The first-order valence-electron chi connectivity index (χ1n) is 19.0. The molecule has 0 spiro atoms. The van der Waals surface area contributed by atoms with E-state index in [1.807, 2.05) is 39.0 Å². The number of nitrogens with one attached hydrogen (secondary N) is 4. The van der Waals surface area contributed by atoms with Crippen molar-refractivity contribution >= 4 is 35.5 Å². The Hall–Kier alpha value is -5.76. The van der Waals surface area contributed by atoms with Gasteiger partial charge in [0.25, 0.3) is 0 Å². The summed E-state index contributed by atoms with van der Waals surface area (Å²) in [6.45, 7) is 7.02. The van der Waals surface area contributed by atoms with Crippen LogP contribution in [0, 0.1) is 17.8 Å². The number of benzene rings is 3. The molecule has 3 aromatic carbocycles. The molecule has 0 radical (unpaired) electrons. The molecule has 56 heavy (non-hydrogen) atoms. The lowest BCUT2D eigenvalue weighted by molar-refractivity contribution is -0.143. The van der Waals surface area contributed by atoms with E-state index < -0.39 is 78.1 Å². The van der Waals surface area contributed by atoms with Gasteiger partial charge in [0.15, 0.2) is 0 Å². The number of carbonyl (C=O) groups is 6. The Morgan fingerprint density at radius 3 is 2.00 bits per heavy atom. The molecule has 0 saturated heterocycles. The van der Waals surface area contributed by atoms with E-state index in [-0.39, 0.29) is 44.0 Å². The first-order chi connectivity index (χ1) is 26.7. The van der Waals surface area contributed by atoms with Gasteiger partial charge in [-0.25, -0.2) is 4.79 Å². The predicted molar refractivity (Wildman–Crippen MR) is 210 cm³/mol. The molecule has 14 nitrogen and oxygen atoms in total. The minimum absolute atomic E-state index is 0.0395. The summed E-state index contributed by atoms with van der Waals surface area (Å²) in [6.07, 6.45) is 0.703. The number of rotatable bonds is 18. The van der Waals surface area contributed by atoms with Gasteiger partial charge < -0.3 is 42.1 Å². The first-order valence-corrected chi connectivity index (χ1v) is 19.0. The second-order valence-corrected chi connectivity index (χ2v) is 14.8. The molecule has 3 aromatic rings. The van der Waals surface area contributed by atoms with Crippen molar-refractivity contribution in [3.05, 3.63) is 101 Å². The normalized spacial score (nSPS) is 16.6. The first kappa shape index (κ1) is 43.0. The molecule has 1 aliphatic heterocycles. The second-order valence-electron chi connectivity index (χ2n) is 14.8. The van der Waals surface area contributed by atoms with E-state index in [9.17, 15) is 39.0 Å². The minimum Gasteiger partial charge on any atom is -0.508 e. The summed E-state index contributed by atoms with van der Waals surface area (Å²) in [7, 11) is 0. The van der Waals surface area contributed by atoms with E-state index in [4.69, 9.17) is 5.73 Å². The number of phenols is 1. The summed E-state index contributed by atoms with van der Waals surface area (Å²) >= 11 is 0. The number of aromatic hydroxyl groups is 1. The van der Waals surface area contributed by atoms with Crippen LogP contribution in [0.5, 0.6) is 5.75 Å². The summed E-state index contributed by atoms with van der Waals surface area (Å²) in [6, 6.07) is 17.8. The maximum Gasteiger partial charge on any atom is 0.326 e. The fourth-order valence-corrected chi connectivity index (χ4v) is 6.69. The van der Waals surface area contributed by atoms with Crippen molar-refractivity contribution < 1.29 is 39.0 Å². The molecule has 0 aromatic heterocycles. The number of amides is 5. The Bertz CT molecular complexity index is 1840. The highest BCUT2D eigenvalue weighted by atomic mass is 16.4. The summed E-state index contributed by atoms with van der Waals surface area (Å²) < 4.78 is 0. The Morgan fingerprint density at radius 1 is 0.786 bits per heavy atom. The lowest BCUT2D eigenvalue weighted by Gasteiger charge is -2.30. The van der Waals surface area contributed by atoms with Crippen molar-refractivity contribution in [3.8, 4) is 5.75 Å². The van der Waals surface area contributed by atoms with Crippen molar-refractivity contribution in [2.24, 2.45) is 23.5 Å². The van der Waals surface area contributed by atoms with Crippen molar-refractivity contribution in [2.45, 2.75) is 84.1 Å². The maximum absolute atomic E-state index is 14.2. The van der Waals surface area contributed by atoms with Crippen LogP contribution in [0.25, 0.3) is 0 Å². The molecular formula is C42H54N6O8. The highest BCUT2D eigenvalue weighted by Gasteiger charge is 2.37.